The van der Waals surface area contributed by atoms with Crippen LogP contribution in [0.3, 0.4) is 0 Å². The molecule has 0 aromatic heterocycles. The average molecular weight is 358 g/mol. The first-order chi connectivity index (χ1) is 12.6. The fourth-order valence-electron chi connectivity index (χ4n) is 3.34. The second-order valence-electron chi connectivity index (χ2n) is 9.43. The van der Waals surface area contributed by atoms with Gasteiger partial charge in [0.2, 0.25) is 0 Å². The third-order valence-corrected chi connectivity index (χ3v) is 5.17. The highest BCUT2D eigenvalue weighted by Gasteiger charge is 2.21. The summed E-state index contributed by atoms with van der Waals surface area (Å²) in [5.41, 5.74) is 14.9. The van der Waals surface area contributed by atoms with Crippen molar-refractivity contribution in [3.8, 4) is 22.3 Å². The second kappa shape index (κ2) is 6.88. The quantitative estimate of drug-likeness (QED) is 0.482. The van der Waals surface area contributed by atoms with E-state index in [1.807, 2.05) is 6.07 Å². The average Bonchev–Trinajstić information content (AvgIpc) is 2.61. The predicted molar refractivity (Wildman–Crippen MR) is 119 cm³/mol. The van der Waals surface area contributed by atoms with Crippen LogP contribution >= 0.6 is 0 Å². The first-order valence-corrected chi connectivity index (χ1v) is 9.68. The number of para-hydroxylation sites is 1. The van der Waals surface area contributed by atoms with Gasteiger partial charge in [-0.3, -0.25) is 0 Å². The molecule has 0 spiro atoms. The molecule has 0 unspecified atom stereocenters. The minimum atomic E-state index is 0.0851. The monoisotopic (exact) mass is 357 g/mol. The van der Waals surface area contributed by atoms with E-state index < -0.39 is 0 Å². The van der Waals surface area contributed by atoms with Crippen LogP contribution in [0, 0.1) is 0 Å². The number of rotatable bonds is 2. The lowest BCUT2D eigenvalue weighted by Crippen LogP contribution is -2.16. The van der Waals surface area contributed by atoms with E-state index in [-0.39, 0.29) is 10.8 Å². The Hall–Kier alpha value is -2.54. The van der Waals surface area contributed by atoms with Gasteiger partial charge < -0.3 is 5.73 Å². The number of anilines is 1. The zero-order valence-corrected chi connectivity index (χ0v) is 17.4. The standard InChI is InChI=1S/C26H31N/c1-25(2,3)20-15-19(16-21(17-20)26(4,5)6)23-14-10-13-22(24(23)27)18-11-8-7-9-12-18/h7-17H,27H2,1-6H3. The first kappa shape index (κ1) is 19.2. The normalized spacial score (nSPS) is 12.2. The van der Waals surface area contributed by atoms with Gasteiger partial charge in [-0.25, -0.2) is 0 Å². The summed E-state index contributed by atoms with van der Waals surface area (Å²) in [4.78, 5) is 0. The van der Waals surface area contributed by atoms with Gasteiger partial charge in [-0.2, -0.15) is 0 Å². The lowest BCUT2D eigenvalue weighted by atomic mass is 9.78. The Labute approximate surface area is 164 Å². The van der Waals surface area contributed by atoms with E-state index in [9.17, 15) is 0 Å². The number of benzene rings is 3. The Bertz CT molecular complexity index is 906. The van der Waals surface area contributed by atoms with E-state index >= 15 is 0 Å². The van der Waals surface area contributed by atoms with Crippen molar-refractivity contribution in [1.29, 1.82) is 0 Å². The Balaban J connectivity index is 2.22. The van der Waals surface area contributed by atoms with Crippen LogP contribution in [0.25, 0.3) is 22.3 Å². The summed E-state index contributed by atoms with van der Waals surface area (Å²) >= 11 is 0. The van der Waals surface area contributed by atoms with E-state index in [0.29, 0.717) is 0 Å². The molecule has 0 radical (unpaired) electrons. The highest BCUT2D eigenvalue weighted by Crippen LogP contribution is 2.38. The lowest BCUT2D eigenvalue weighted by molar-refractivity contribution is 0.569. The smallest absolute Gasteiger partial charge is 0.0473 e. The molecule has 0 fully saturated rings. The summed E-state index contributed by atoms with van der Waals surface area (Å²) in [6.07, 6.45) is 0. The zero-order chi connectivity index (χ0) is 19.8. The van der Waals surface area contributed by atoms with E-state index in [0.717, 1.165) is 22.4 Å². The number of hydrogen-bond acceptors (Lipinski definition) is 1. The van der Waals surface area contributed by atoms with Crippen molar-refractivity contribution >= 4 is 5.69 Å². The molecular formula is C26H31N. The van der Waals surface area contributed by atoms with Gasteiger partial charge in [0, 0.05) is 16.8 Å². The number of nitrogen functional groups attached to an aromatic ring is 1. The maximum absolute atomic E-state index is 6.67. The van der Waals surface area contributed by atoms with Crippen LogP contribution in [-0.4, -0.2) is 0 Å². The predicted octanol–water partition coefficient (Wildman–Crippen LogP) is 7.20. The van der Waals surface area contributed by atoms with E-state index in [1.54, 1.807) is 0 Å². The molecule has 0 amide bonds. The third kappa shape index (κ3) is 4.08. The largest absolute Gasteiger partial charge is 0.398 e. The van der Waals surface area contributed by atoms with Crippen molar-refractivity contribution in [3.63, 3.8) is 0 Å². The maximum Gasteiger partial charge on any atom is 0.0473 e. The highest BCUT2D eigenvalue weighted by atomic mass is 14.6. The van der Waals surface area contributed by atoms with Crippen molar-refractivity contribution in [3.05, 3.63) is 77.9 Å². The van der Waals surface area contributed by atoms with E-state index in [1.165, 1.54) is 16.7 Å². The molecule has 0 saturated carbocycles. The van der Waals surface area contributed by atoms with Crippen molar-refractivity contribution in [2.75, 3.05) is 5.73 Å². The molecule has 140 valence electrons. The molecule has 0 saturated heterocycles. The molecule has 3 aromatic carbocycles. The summed E-state index contributed by atoms with van der Waals surface area (Å²) in [5, 5.41) is 0. The van der Waals surface area contributed by atoms with Crippen LogP contribution < -0.4 is 5.73 Å². The maximum atomic E-state index is 6.67. The number of nitrogens with two attached hydrogens (primary N) is 1. The van der Waals surface area contributed by atoms with Gasteiger partial charge in [0.05, 0.1) is 0 Å². The molecule has 1 heteroatoms. The topological polar surface area (TPSA) is 26.0 Å². The van der Waals surface area contributed by atoms with E-state index in [4.69, 9.17) is 5.73 Å². The molecule has 0 aliphatic carbocycles. The lowest BCUT2D eigenvalue weighted by Gasteiger charge is -2.26. The van der Waals surface area contributed by atoms with Crippen molar-refractivity contribution < 1.29 is 0 Å². The first-order valence-electron chi connectivity index (χ1n) is 9.68. The Kier molecular flexibility index (Phi) is 4.90. The van der Waals surface area contributed by atoms with Gasteiger partial charge in [-0.05, 0) is 33.1 Å². The summed E-state index contributed by atoms with van der Waals surface area (Å²) in [6.45, 7) is 13.6. The fraction of sp³-hybridized carbons (Fsp3) is 0.308. The Morgan fingerprint density at radius 3 is 1.52 bits per heavy atom. The van der Waals surface area contributed by atoms with Crippen LogP contribution in [0.15, 0.2) is 66.7 Å². The summed E-state index contributed by atoms with van der Waals surface area (Å²) in [6, 6.07) is 23.7. The zero-order valence-electron chi connectivity index (χ0n) is 17.4. The van der Waals surface area contributed by atoms with Crippen LogP contribution in [0.2, 0.25) is 0 Å². The van der Waals surface area contributed by atoms with Crippen LogP contribution in [-0.2, 0) is 10.8 Å². The molecule has 27 heavy (non-hydrogen) atoms. The molecule has 0 aliphatic heterocycles. The molecule has 0 heterocycles. The molecule has 3 rings (SSSR count). The van der Waals surface area contributed by atoms with Crippen molar-refractivity contribution in [1.82, 2.24) is 0 Å². The molecule has 0 atom stereocenters. The molecular weight excluding hydrogens is 326 g/mol. The van der Waals surface area contributed by atoms with Gasteiger partial charge in [-0.1, -0.05) is 108 Å². The molecule has 0 aliphatic rings. The molecule has 2 N–H and O–H groups in total. The Morgan fingerprint density at radius 2 is 1.04 bits per heavy atom. The third-order valence-electron chi connectivity index (χ3n) is 5.17. The van der Waals surface area contributed by atoms with Crippen LogP contribution in [0.4, 0.5) is 5.69 Å². The SMILES string of the molecule is CC(C)(C)c1cc(-c2cccc(-c3ccccc3)c2N)cc(C(C)(C)C)c1. The van der Waals surface area contributed by atoms with Crippen molar-refractivity contribution in [2.45, 2.75) is 52.4 Å². The molecule has 0 bridgehead atoms. The van der Waals surface area contributed by atoms with Crippen LogP contribution in [0.5, 0.6) is 0 Å². The molecule has 3 aromatic rings. The minimum absolute atomic E-state index is 0.0851. The fourth-order valence-corrected chi connectivity index (χ4v) is 3.34. The second-order valence-corrected chi connectivity index (χ2v) is 9.43. The van der Waals surface area contributed by atoms with Crippen LogP contribution in [0.1, 0.15) is 52.7 Å². The summed E-state index contributed by atoms with van der Waals surface area (Å²) in [7, 11) is 0. The van der Waals surface area contributed by atoms with Gasteiger partial charge in [0.1, 0.15) is 0 Å². The van der Waals surface area contributed by atoms with E-state index in [2.05, 4.69) is 102 Å². The summed E-state index contributed by atoms with van der Waals surface area (Å²) < 4.78 is 0. The van der Waals surface area contributed by atoms with Crippen molar-refractivity contribution in [2.24, 2.45) is 0 Å². The minimum Gasteiger partial charge on any atom is -0.398 e. The number of hydrogen-bond donors (Lipinski definition) is 1. The highest BCUT2D eigenvalue weighted by molar-refractivity contribution is 5.89. The molecule has 1 nitrogen and oxygen atoms in total. The van der Waals surface area contributed by atoms with Gasteiger partial charge in [0.15, 0.2) is 0 Å². The van der Waals surface area contributed by atoms with Gasteiger partial charge in [0.25, 0.3) is 0 Å². The Morgan fingerprint density at radius 1 is 0.556 bits per heavy atom. The van der Waals surface area contributed by atoms with Gasteiger partial charge in [-0.15, -0.1) is 0 Å². The summed E-state index contributed by atoms with van der Waals surface area (Å²) in [5.74, 6) is 0. The van der Waals surface area contributed by atoms with Gasteiger partial charge >= 0.3 is 0 Å².